The summed E-state index contributed by atoms with van der Waals surface area (Å²) in [5.74, 6) is -2.44. The number of hydrogen-bond acceptors (Lipinski definition) is 3. The molecule has 0 atom stereocenters. The number of anilines is 1. The van der Waals surface area contributed by atoms with Crippen molar-refractivity contribution >= 4 is 11.7 Å². The molecule has 4 nitrogen and oxygen atoms in total. The summed E-state index contributed by atoms with van der Waals surface area (Å²) in [4.78, 5) is 10.6. The quantitative estimate of drug-likeness (QED) is 0.522. The fourth-order valence-corrected chi connectivity index (χ4v) is 0.565. The van der Waals surface area contributed by atoms with Crippen LogP contribution in [-0.2, 0) is 0 Å². The molecular weight excluding hydrogens is 146 g/mol. The average molecular weight is 156 g/mol. The van der Waals surface area contributed by atoms with Crippen molar-refractivity contribution in [1.82, 2.24) is 0 Å². The zero-order valence-electron chi connectivity index (χ0n) is 8.38. The van der Waals surface area contributed by atoms with E-state index in [1.165, 1.54) is 0 Å². The summed E-state index contributed by atoms with van der Waals surface area (Å²) < 4.78 is 21.6. The Morgan fingerprint density at radius 1 is 1.64 bits per heavy atom. The summed E-state index contributed by atoms with van der Waals surface area (Å²) in [6, 6.07) is -1.89. The van der Waals surface area contributed by atoms with Crippen molar-refractivity contribution in [2.24, 2.45) is 0 Å². The minimum absolute atomic E-state index is 0.405. The van der Waals surface area contributed by atoms with E-state index in [-0.39, 0.29) is 0 Å². The van der Waals surface area contributed by atoms with Crippen LogP contribution in [0.4, 0.5) is 5.69 Å². The maximum absolute atomic E-state index is 10.6. The summed E-state index contributed by atoms with van der Waals surface area (Å²) in [5.41, 5.74) is 4.03. The van der Waals surface area contributed by atoms with Crippen molar-refractivity contribution < 1.29 is 19.1 Å². The third-order valence-corrected chi connectivity index (χ3v) is 1.03. The number of aromatic carboxylic acids is 1. The van der Waals surface area contributed by atoms with Crippen LogP contribution in [0, 0.1) is 0 Å². The van der Waals surface area contributed by atoms with E-state index in [4.69, 9.17) is 15.0 Å². The number of carboxylic acids is 1. The Labute approximate surface area is 67.1 Å². The molecule has 0 aliphatic heterocycles. The van der Waals surface area contributed by atoms with Gasteiger partial charge in [0.25, 0.3) is 0 Å². The molecule has 1 aromatic carbocycles. The molecule has 0 unspecified atom stereocenters. The molecule has 0 fully saturated rings. The maximum Gasteiger partial charge on any atom is 0.339 e. The lowest BCUT2D eigenvalue weighted by molar-refractivity contribution is 0.0694. The number of nitrogen functional groups attached to an aromatic ring is 1. The Hall–Kier alpha value is -1.71. The second-order valence-electron chi connectivity index (χ2n) is 1.82. The lowest BCUT2D eigenvalue weighted by atomic mass is 10.2. The SMILES string of the molecule is [2H]c1c([2H])c(C(=O)O)c(O)c([2H])c1N. The van der Waals surface area contributed by atoms with E-state index in [9.17, 15) is 9.90 Å². The summed E-state index contributed by atoms with van der Waals surface area (Å²) in [7, 11) is 0. The predicted octanol–water partition coefficient (Wildman–Crippen LogP) is 0.673. The molecule has 0 heterocycles. The van der Waals surface area contributed by atoms with Gasteiger partial charge < -0.3 is 15.9 Å². The summed E-state index contributed by atoms with van der Waals surface area (Å²) in [6.45, 7) is 0. The van der Waals surface area contributed by atoms with Gasteiger partial charge in [-0.2, -0.15) is 0 Å². The topological polar surface area (TPSA) is 83.5 Å². The number of hydrogen-bond donors (Lipinski definition) is 3. The van der Waals surface area contributed by atoms with Crippen LogP contribution in [0.1, 0.15) is 14.5 Å². The molecule has 0 aliphatic rings. The Bertz CT molecular complexity index is 390. The number of phenols is 1. The van der Waals surface area contributed by atoms with Crippen molar-refractivity contribution in [3.63, 3.8) is 0 Å². The molecule has 0 spiro atoms. The fourth-order valence-electron chi connectivity index (χ4n) is 0.565. The molecule has 0 saturated heterocycles. The van der Waals surface area contributed by atoms with Crippen LogP contribution < -0.4 is 5.73 Å². The minimum atomic E-state index is -1.56. The van der Waals surface area contributed by atoms with Gasteiger partial charge in [-0.25, -0.2) is 4.79 Å². The number of carbonyl (C=O) groups is 1. The summed E-state index contributed by atoms with van der Waals surface area (Å²) in [6.07, 6.45) is 0. The molecule has 0 bridgehead atoms. The van der Waals surface area contributed by atoms with Gasteiger partial charge in [0, 0.05) is 11.7 Å². The molecule has 1 rings (SSSR count). The molecule has 0 saturated carbocycles. The number of nitrogens with two attached hydrogens (primary N) is 1. The first-order valence-corrected chi connectivity index (χ1v) is 2.69. The van der Waals surface area contributed by atoms with Gasteiger partial charge in [0.1, 0.15) is 11.3 Å². The predicted molar refractivity (Wildman–Crippen MR) is 39.5 cm³/mol. The molecule has 11 heavy (non-hydrogen) atoms. The molecular formula is C7H7NO3. The zero-order valence-corrected chi connectivity index (χ0v) is 5.38. The second kappa shape index (κ2) is 2.49. The number of benzene rings is 1. The van der Waals surface area contributed by atoms with E-state index in [1.54, 1.807) is 0 Å². The largest absolute Gasteiger partial charge is 0.507 e. The molecule has 1 aromatic rings. The van der Waals surface area contributed by atoms with Gasteiger partial charge in [-0.3, -0.25) is 0 Å². The maximum atomic E-state index is 10.6. The number of carboxylic acid groups (broad SMARTS) is 1. The van der Waals surface area contributed by atoms with Crippen LogP contribution in [-0.4, -0.2) is 16.2 Å². The van der Waals surface area contributed by atoms with Crippen molar-refractivity contribution in [2.45, 2.75) is 0 Å². The van der Waals surface area contributed by atoms with Crippen LogP contribution in [0.3, 0.4) is 0 Å². The highest BCUT2D eigenvalue weighted by molar-refractivity contribution is 5.91. The van der Waals surface area contributed by atoms with Crippen molar-refractivity contribution in [1.29, 1.82) is 0 Å². The van der Waals surface area contributed by atoms with E-state index in [2.05, 4.69) is 0 Å². The van der Waals surface area contributed by atoms with Gasteiger partial charge in [0.2, 0.25) is 0 Å². The van der Waals surface area contributed by atoms with Gasteiger partial charge in [0.15, 0.2) is 0 Å². The molecule has 58 valence electrons. The standard InChI is InChI=1S/C7H7NO3/c8-4-1-2-5(7(10)11)6(9)3-4/h1-3,9H,8H2,(H,10,11)/i1D,2D,3D. The lowest BCUT2D eigenvalue weighted by Crippen LogP contribution is -1.97. The molecule has 4 N–H and O–H groups in total. The summed E-state index contributed by atoms with van der Waals surface area (Å²) >= 11 is 0. The lowest BCUT2D eigenvalue weighted by Gasteiger charge is -1.98. The average Bonchev–Trinajstić information content (AvgIpc) is 2.11. The van der Waals surface area contributed by atoms with Gasteiger partial charge in [-0.1, -0.05) is 0 Å². The Morgan fingerprint density at radius 2 is 2.27 bits per heavy atom. The molecule has 0 aliphatic carbocycles. The summed E-state index contributed by atoms with van der Waals surface area (Å²) in [5, 5.41) is 17.8. The molecule has 0 amide bonds. The van der Waals surface area contributed by atoms with Crippen LogP contribution >= 0.6 is 0 Å². The van der Waals surface area contributed by atoms with Crippen molar-refractivity contribution in [3.05, 3.63) is 23.7 Å². The van der Waals surface area contributed by atoms with E-state index >= 15 is 0 Å². The second-order valence-corrected chi connectivity index (χ2v) is 1.82. The van der Waals surface area contributed by atoms with Gasteiger partial charge >= 0.3 is 5.97 Å². The third-order valence-electron chi connectivity index (χ3n) is 1.03. The third kappa shape index (κ3) is 1.40. The Kier molecular flexibility index (Phi) is 0.958. The fraction of sp³-hybridized carbons (Fsp3) is 0. The van der Waals surface area contributed by atoms with Crippen molar-refractivity contribution in [2.75, 3.05) is 5.73 Å². The molecule has 4 heteroatoms. The first kappa shape index (κ1) is 4.23. The van der Waals surface area contributed by atoms with Crippen LogP contribution in [0.25, 0.3) is 0 Å². The number of rotatable bonds is 1. The monoisotopic (exact) mass is 156 g/mol. The molecule has 0 radical (unpaired) electrons. The van der Waals surface area contributed by atoms with Crippen LogP contribution in [0.2, 0.25) is 0 Å². The first-order chi connectivity index (χ1) is 6.37. The van der Waals surface area contributed by atoms with E-state index in [0.29, 0.717) is 0 Å². The van der Waals surface area contributed by atoms with Crippen LogP contribution in [0.5, 0.6) is 5.75 Å². The van der Waals surface area contributed by atoms with Crippen molar-refractivity contribution in [3.8, 4) is 5.75 Å². The Balaban J connectivity index is 3.68. The van der Waals surface area contributed by atoms with Crippen LogP contribution in [0.15, 0.2) is 18.1 Å². The van der Waals surface area contributed by atoms with E-state index in [0.717, 1.165) is 0 Å². The smallest absolute Gasteiger partial charge is 0.339 e. The highest BCUT2D eigenvalue weighted by Gasteiger charge is 2.07. The zero-order chi connectivity index (χ0) is 11.0. The Morgan fingerprint density at radius 3 is 2.82 bits per heavy atom. The normalized spacial score (nSPS) is 13.3. The first-order valence-electron chi connectivity index (χ1n) is 4.19. The van der Waals surface area contributed by atoms with Gasteiger partial charge in [-0.15, -0.1) is 0 Å². The number of aromatic hydroxyl groups is 1. The minimum Gasteiger partial charge on any atom is -0.507 e. The van der Waals surface area contributed by atoms with Gasteiger partial charge in [0.05, 0.1) is 4.11 Å². The van der Waals surface area contributed by atoms with E-state index in [1.807, 2.05) is 0 Å². The van der Waals surface area contributed by atoms with E-state index < -0.39 is 41.1 Å². The van der Waals surface area contributed by atoms with Gasteiger partial charge in [-0.05, 0) is 12.1 Å². The molecule has 0 aromatic heterocycles. The highest BCUT2D eigenvalue weighted by atomic mass is 16.4. The highest BCUT2D eigenvalue weighted by Crippen LogP contribution is 2.19.